The van der Waals surface area contributed by atoms with Gasteiger partial charge in [-0.1, -0.05) is 18.2 Å². The molecule has 6 nitrogen and oxygen atoms in total. The first-order chi connectivity index (χ1) is 12.3. The molecule has 0 bridgehead atoms. The highest BCUT2D eigenvalue weighted by atomic mass is 16.6. The Bertz CT molecular complexity index is 925. The smallest absolute Gasteiger partial charge is 0.407 e. The van der Waals surface area contributed by atoms with Crippen LogP contribution in [0.25, 0.3) is 21.9 Å². The van der Waals surface area contributed by atoms with Crippen LogP contribution in [0.2, 0.25) is 0 Å². The highest BCUT2D eigenvalue weighted by molar-refractivity contribution is 5.89. The molecule has 0 spiro atoms. The molecule has 136 valence electrons. The van der Waals surface area contributed by atoms with Crippen LogP contribution in [0.5, 0.6) is 0 Å². The van der Waals surface area contributed by atoms with Gasteiger partial charge in [-0.05, 0) is 55.3 Å². The maximum absolute atomic E-state index is 11.7. The second-order valence-electron chi connectivity index (χ2n) is 7.24. The van der Waals surface area contributed by atoms with Crippen molar-refractivity contribution in [2.75, 3.05) is 12.3 Å². The molecule has 0 aliphatic rings. The van der Waals surface area contributed by atoms with Crippen molar-refractivity contribution in [3.05, 3.63) is 48.8 Å². The van der Waals surface area contributed by atoms with Crippen LogP contribution in [0.3, 0.4) is 0 Å². The molecule has 3 N–H and O–H groups in total. The molecule has 0 aliphatic heterocycles. The average molecular weight is 352 g/mol. The van der Waals surface area contributed by atoms with Crippen molar-refractivity contribution in [1.29, 1.82) is 0 Å². The van der Waals surface area contributed by atoms with Crippen LogP contribution in [0.1, 0.15) is 20.8 Å². The van der Waals surface area contributed by atoms with Crippen molar-refractivity contribution in [1.82, 2.24) is 15.1 Å². The fourth-order valence-corrected chi connectivity index (χ4v) is 2.67. The molecule has 0 radical (unpaired) electrons. The number of carbonyl (C=O) groups is 1. The SMILES string of the molecule is CC(C)(C)OC(=O)NCCn1cc(-c2ccc3cc(N)ccc3c2)cn1. The van der Waals surface area contributed by atoms with E-state index in [1.54, 1.807) is 4.68 Å². The summed E-state index contributed by atoms with van der Waals surface area (Å²) in [6.07, 6.45) is 3.37. The zero-order valence-corrected chi connectivity index (χ0v) is 15.3. The zero-order valence-electron chi connectivity index (χ0n) is 15.3. The molecule has 3 aromatic rings. The topological polar surface area (TPSA) is 82.2 Å². The Balaban J connectivity index is 1.63. The van der Waals surface area contributed by atoms with Gasteiger partial charge in [-0.2, -0.15) is 5.10 Å². The predicted molar refractivity (Wildman–Crippen MR) is 104 cm³/mol. The number of benzene rings is 2. The van der Waals surface area contributed by atoms with Crippen molar-refractivity contribution in [2.45, 2.75) is 32.9 Å². The van der Waals surface area contributed by atoms with E-state index in [0.717, 1.165) is 27.6 Å². The third-order valence-electron chi connectivity index (χ3n) is 3.84. The largest absolute Gasteiger partial charge is 0.444 e. The fourth-order valence-electron chi connectivity index (χ4n) is 2.67. The van der Waals surface area contributed by atoms with Crippen molar-refractivity contribution in [3.8, 4) is 11.1 Å². The fraction of sp³-hybridized carbons (Fsp3) is 0.300. The average Bonchev–Trinajstić information content (AvgIpc) is 3.01. The van der Waals surface area contributed by atoms with Gasteiger partial charge in [0.25, 0.3) is 0 Å². The number of fused-ring (bicyclic) bond motifs is 1. The Kier molecular flexibility index (Phi) is 4.84. The number of anilines is 1. The van der Waals surface area contributed by atoms with Crippen LogP contribution >= 0.6 is 0 Å². The monoisotopic (exact) mass is 352 g/mol. The van der Waals surface area contributed by atoms with E-state index in [1.807, 2.05) is 51.4 Å². The first-order valence-electron chi connectivity index (χ1n) is 8.59. The molecule has 0 saturated carbocycles. The summed E-state index contributed by atoms with van der Waals surface area (Å²) in [6.45, 7) is 6.54. The van der Waals surface area contributed by atoms with Gasteiger partial charge in [0.2, 0.25) is 0 Å². The third-order valence-corrected chi connectivity index (χ3v) is 3.84. The van der Waals surface area contributed by atoms with Crippen molar-refractivity contribution in [2.24, 2.45) is 0 Å². The zero-order chi connectivity index (χ0) is 18.7. The van der Waals surface area contributed by atoms with E-state index in [9.17, 15) is 4.79 Å². The minimum atomic E-state index is -0.496. The minimum Gasteiger partial charge on any atom is -0.444 e. The molecule has 0 saturated heterocycles. The van der Waals surface area contributed by atoms with Gasteiger partial charge in [0.15, 0.2) is 0 Å². The number of hydrogen-bond donors (Lipinski definition) is 2. The number of nitrogens with two attached hydrogens (primary N) is 1. The summed E-state index contributed by atoms with van der Waals surface area (Å²) in [6, 6.07) is 12.1. The second-order valence-corrected chi connectivity index (χ2v) is 7.24. The molecule has 26 heavy (non-hydrogen) atoms. The summed E-state index contributed by atoms with van der Waals surface area (Å²) in [5, 5.41) is 9.34. The number of nitrogens with one attached hydrogen (secondary N) is 1. The molecular formula is C20H24N4O2. The molecule has 0 aliphatic carbocycles. The first-order valence-corrected chi connectivity index (χ1v) is 8.59. The van der Waals surface area contributed by atoms with E-state index < -0.39 is 11.7 Å². The molecule has 3 rings (SSSR count). The predicted octanol–water partition coefficient (Wildman–Crippen LogP) is 3.81. The lowest BCUT2D eigenvalue weighted by molar-refractivity contribution is 0.0525. The number of carbonyl (C=O) groups excluding carboxylic acids is 1. The highest BCUT2D eigenvalue weighted by Crippen LogP contribution is 2.25. The van der Waals surface area contributed by atoms with Crippen LogP contribution in [-0.2, 0) is 11.3 Å². The van der Waals surface area contributed by atoms with E-state index in [2.05, 4.69) is 28.6 Å². The molecule has 6 heteroatoms. The Hall–Kier alpha value is -3.02. The first kappa shape index (κ1) is 17.8. The minimum absolute atomic E-state index is 0.418. The van der Waals surface area contributed by atoms with Crippen molar-refractivity contribution < 1.29 is 9.53 Å². The van der Waals surface area contributed by atoms with Gasteiger partial charge in [-0.25, -0.2) is 4.79 Å². The van der Waals surface area contributed by atoms with Gasteiger partial charge >= 0.3 is 6.09 Å². The number of hydrogen-bond acceptors (Lipinski definition) is 4. The highest BCUT2D eigenvalue weighted by Gasteiger charge is 2.15. The second kappa shape index (κ2) is 7.07. The summed E-state index contributed by atoms with van der Waals surface area (Å²) in [7, 11) is 0. The summed E-state index contributed by atoms with van der Waals surface area (Å²) in [4.78, 5) is 11.7. The molecule has 1 amide bonds. The lowest BCUT2D eigenvalue weighted by Crippen LogP contribution is -2.34. The maximum Gasteiger partial charge on any atom is 0.407 e. The van der Waals surface area contributed by atoms with E-state index in [0.29, 0.717) is 13.1 Å². The Labute approximate surface area is 152 Å². The maximum atomic E-state index is 11.7. The number of amides is 1. The van der Waals surface area contributed by atoms with E-state index >= 15 is 0 Å². The molecule has 0 fully saturated rings. The lowest BCUT2D eigenvalue weighted by Gasteiger charge is -2.19. The van der Waals surface area contributed by atoms with Gasteiger partial charge < -0.3 is 15.8 Å². The Morgan fingerprint density at radius 3 is 2.65 bits per heavy atom. The molecule has 1 heterocycles. The number of alkyl carbamates (subject to hydrolysis) is 1. The summed E-state index contributed by atoms with van der Waals surface area (Å²) in [5.74, 6) is 0. The molecule has 0 unspecified atom stereocenters. The Morgan fingerprint density at radius 2 is 1.88 bits per heavy atom. The van der Waals surface area contributed by atoms with Crippen LogP contribution in [0.4, 0.5) is 10.5 Å². The van der Waals surface area contributed by atoms with Crippen molar-refractivity contribution >= 4 is 22.6 Å². The molecule has 2 aromatic carbocycles. The van der Waals surface area contributed by atoms with Crippen LogP contribution < -0.4 is 11.1 Å². The summed E-state index contributed by atoms with van der Waals surface area (Å²) in [5.41, 5.74) is 8.21. The van der Waals surface area contributed by atoms with E-state index in [4.69, 9.17) is 10.5 Å². The molecule has 1 aromatic heterocycles. The quantitative estimate of drug-likeness (QED) is 0.700. The van der Waals surface area contributed by atoms with Gasteiger partial charge in [-0.3, -0.25) is 4.68 Å². The number of nitrogen functional groups attached to an aromatic ring is 1. The van der Waals surface area contributed by atoms with Gasteiger partial charge in [-0.15, -0.1) is 0 Å². The molecule has 0 atom stereocenters. The third kappa shape index (κ3) is 4.53. The molecular weight excluding hydrogens is 328 g/mol. The summed E-state index contributed by atoms with van der Waals surface area (Å²) < 4.78 is 7.02. The van der Waals surface area contributed by atoms with Gasteiger partial charge in [0, 0.05) is 24.0 Å². The number of aromatic nitrogens is 2. The van der Waals surface area contributed by atoms with E-state index in [-0.39, 0.29) is 0 Å². The van der Waals surface area contributed by atoms with E-state index in [1.165, 1.54) is 0 Å². The Morgan fingerprint density at radius 1 is 1.15 bits per heavy atom. The number of rotatable bonds is 4. The standard InChI is InChI=1S/C20H24N4O2/c1-20(2,3)26-19(25)22-8-9-24-13-17(12-23-24)15-4-5-16-11-18(21)7-6-14(16)10-15/h4-7,10-13H,8-9,21H2,1-3H3,(H,22,25). The van der Waals surface area contributed by atoms with Gasteiger partial charge in [0.05, 0.1) is 12.7 Å². The summed E-state index contributed by atoms with van der Waals surface area (Å²) >= 11 is 0. The number of ether oxygens (including phenoxy) is 1. The van der Waals surface area contributed by atoms with Gasteiger partial charge in [0.1, 0.15) is 5.60 Å². The van der Waals surface area contributed by atoms with Crippen LogP contribution in [-0.4, -0.2) is 28.0 Å². The van der Waals surface area contributed by atoms with Crippen LogP contribution in [0, 0.1) is 0 Å². The lowest BCUT2D eigenvalue weighted by atomic mass is 10.0. The normalized spacial score (nSPS) is 11.5. The van der Waals surface area contributed by atoms with Crippen molar-refractivity contribution in [3.63, 3.8) is 0 Å². The van der Waals surface area contributed by atoms with Crippen LogP contribution in [0.15, 0.2) is 48.8 Å². The number of nitrogens with zero attached hydrogens (tertiary/aromatic N) is 2.